The number of carbonyl (C=O) groups is 2. The maximum Gasteiger partial charge on any atom is 0.290 e. The van der Waals surface area contributed by atoms with Crippen molar-refractivity contribution >= 4 is 28.8 Å². The molecule has 0 unspecified atom stereocenters. The molecular weight excluding hydrogens is 347 g/mol. The van der Waals surface area contributed by atoms with E-state index in [-0.39, 0.29) is 24.6 Å². The van der Waals surface area contributed by atoms with Gasteiger partial charge in [0.2, 0.25) is 11.0 Å². The molecule has 0 aliphatic rings. The topological polar surface area (TPSA) is 105 Å². The van der Waals surface area contributed by atoms with E-state index in [9.17, 15) is 9.18 Å². The second-order valence-corrected chi connectivity index (χ2v) is 5.56. The fraction of sp³-hybridized carbons (Fsp3) is 0.0625. The van der Waals surface area contributed by atoms with Gasteiger partial charge in [0.1, 0.15) is 5.82 Å². The Morgan fingerprint density at radius 3 is 2.68 bits per heavy atom. The lowest BCUT2D eigenvalue weighted by Crippen LogP contribution is -2.14. The highest BCUT2D eigenvalue weighted by Crippen LogP contribution is 2.28. The minimum Gasteiger partial charge on any atom is -0.483 e. The average molecular weight is 360 g/mol. The highest BCUT2D eigenvalue weighted by Gasteiger charge is 2.12. The number of aromatic nitrogens is 3. The number of rotatable bonds is 4. The monoisotopic (exact) mass is 360 g/mol. The fourth-order valence-corrected chi connectivity index (χ4v) is 2.66. The van der Waals surface area contributed by atoms with Crippen molar-refractivity contribution in [2.75, 3.05) is 5.32 Å². The molecule has 3 rings (SSSR count). The number of halogens is 1. The summed E-state index contributed by atoms with van der Waals surface area (Å²) in [5.74, 6) is -0.587. The molecule has 0 spiro atoms. The lowest BCUT2D eigenvalue weighted by atomic mass is 10.2. The van der Waals surface area contributed by atoms with Crippen molar-refractivity contribution in [1.82, 2.24) is 15.2 Å². The molecule has 25 heavy (non-hydrogen) atoms. The zero-order valence-corrected chi connectivity index (χ0v) is 13.6. The molecular formula is C16H13FN4O3S. The van der Waals surface area contributed by atoms with Gasteiger partial charge in [0.25, 0.3) is 6.47 Å². The van der Waals surface area contributed by atoms with E-state index < -0.39 is 0 Å². The van der Waals surface area contributed by atoms with Crippen molar-refractivity contribution < 1.29 is 19.1 Å². The largest absolute Gasteiger partial charge is 0.483 e. The predicted octanol–water partition coefficient (Wildman–Crippen LogP) is 2.62. The van der Waals surface area contributed by atoms with Crippen LogP contribution in [0.4, 0.5) is 9.52 Å². The number of nitrogens with zero attached hydrogens (tertiary/aromatic N) is 3. The van der Waals surface area contributed by atoms with Gasteiger partial charge in [-0.1, -0.05) is 29.5 Å². The number of anilines is 1. The molecule has 0 saturated carbocycles. The number of hydrogen-bond acceptors (Lipinski definition) is 6. The molecule has 0 saturated heterocycles. The number of carboxylic acid groups (broad SMARTS) is 1. The average Bonchev–Trinajstić information content (AvgIpc) is 3.05. The Kier molecular flexibility index (Phi) is 6.66. The molecule has 2 heterocycles. The van der Waals surface area contributed by atoms with Crippen LogP contribution in [-0.4, -0.2) is 32.7 Å². The Morgan fingerprint density at radius 1 is 1.24 bits per heavy atom. The van der Waals surface area contributed by atoms with Gasteiger partial charge in [-0.25, -0.2) is 4.39 Å². The van der Waals surface area contributed by atoms with E-state index in [1.807, 2.05) is 6.07 Å². The van der Waals surface area contributed by atoms with Crippen molar-refractivity contribution in [3.63, 3.8) is 0 Å². The minimum absolute atomic E-state index is 0.197. The molecule has 9 heteroatoms. The summed E-state index contributed by atoms with van der Waals surface area (Å²) < 4.78 is 13.7. The van der Waals surface area contributed by atoms with E-state index >= 15 is 0 Å². The first kappa shape index (κ1) is 18.1. The van der Waals surface area contributed by atoms with E-state index in [0.29, 0.717) is 15.7 Å². The van der Waals surface area contributed by atoms with Crippen LogP contribution < -0.4 is 5.32 Å². The molecule has 1 aromatic carbocycles. The Hall–Kier alpha value is -3.20. The predicted molar refractivity (Wildman–Crippen MR) is 90.6 cm³/mol. The van der Waals surface area contributed by atoms with Gasteiger partial charge in [-0.2, -0.15) is 0 Å². The van der Waals surface area contributed by atoms with Crippen LogP contribution in [0.2, 0.25) is 0 Å². The molecule has 2 aromatic heterocycles. The summed E-state index contributed by atoms with van der Waals surface area (Å²) in [5, 5.41) is 18.1. The number of amides is 1. The lowest BCUT2D eigenvalue weighted by molar-refractivity contribution is -0.123. The molecule has 0 bridgehead atoms. The molecule has 3 aromatic rings. The highest BCUT2D eigenvalue weighted by atomic mass is 32.1. The fourth-order valence-electron chi connectivity index (χ4n) is 1.87. The zero-order chi connectivity index (χ0) is 18.1. The molecule has 128 valence electrons. The Labute approximate surface area is 146 Å². The number of benzene rings is 1. The van der Waals surface area contributed by atoms with E-state index in [4.69, 9.17) is 9.90 Å². The molecule has 0 radical (unpaired) electrons. The van der Waals surface area contributed by atoms with Crippen LogP contribution in [0.15, 0.2) is 48.8 Å². The Morgan fingerprint density at radius 2 is 2.00 bits per heavy atom. The second-order valence-electron chi connectivity index (χ2n) is 4.58. The van der Waals surface area contributed by atoms with Crippen LogP contribution >= 0.6 is 11.3 Å². The van der Waals surface area contributed by atoms with Crippen molar-refractivity contribution in [2.24, 2.45) is 0 Å². The van der Waals surface area contributed by atoms with Gasteiger partial charge < -0.3 is 10.4 Å². The van der Waals surface area contributed by atoms with Crippen molar-refractivity contribution in [3.05, 3.63) is 60.2 Å². The summed E-state index contributed by atoms with van der Waals surface area (Å²) in [6.45, 7) is -0.250. The van der Waals surface area contributed by atoms with Crippen LogP contribution in [0.1, 0.15) is 5.56 Å². The summed E-state index contributed by atoms with van der Waals surface area (Å²) >= 11 is 1.13. The van der Waals surface area contributed by atoms with Gasteiger partial charge in [-0.3, -0.25) is 14.6 Å². The van der Waals surface area contributed by atoms with Crippen LogP contribution in [-0.2, 0) is 16.0 Å². The summed E-state index contributed by atoms with van der Waals surface area (Å²) in [6.07, 6.45) is 3.47. The van der Waals surface area contributed by atoms with Gasteiger partial charge in [0.15, 0.2) is 5.01 Å². The second kappa shape index (κ2) is 9.18. The number of pyridine rings is 1. The molecule has 0 atom stereocenters. The molecule has 0 fully saturated rings. The van der Waals surface area contributed by atoms with Gasteiger partial charge in [0, 0.05) is 18.0 Å². The highest BCUT2D eigenvalue weighted by molar-refractivity contribution is 7.18. The van der Waals surface area contributed by atoms with E-state index in [2.05, 4.69) is 20.5 Å². The number of carbonyl (C=O) groups excluding carboxylic acids is 1. The maximum atomic E-state index is 13.7. The van der Waals surface area contributed by atoms with Crippen LogP contribution in [0.3, 0.4) is 0 Å². The van der Waals surface area contributed by atoms with Crippen molar-refractivity contribution in [2.45, 2.75) is 6.42 Å². The SMILES string of the molecule is O=C(Cc1cccnc1)Nc1nnc(-c2ccccc2F)s1.O=CO. The smallest absolute Gasteiger partial charge is 0.290 e. The first-order chi connectivity index (χ1) is 12.1. The third-order valence-corrected chi connectivity index (χ3v) is 3.74. The van der Waals surface area contributed by atoms with E-state index in [1.54, 1.807) is 36.7 Å². The summed E-state index contributed by atoms with van der Waals surface area (Å²) in [4.78, 5) is 24.2. The standard InChI is InChI=1S/C15H11FN4OS.CH2O2/c16-12-6-2-1-5-11(12)14-19-20-15(22-14)18-13(21)8-10-4-3-7-17-9-10;2-1-3/h1-7,9H,8H2,(H,18,20,21);1H,(H,2,3). The third kappa shape index (κ3) is 5.43. The maximum absolute atomic E-state index is 13.7. The summed E-state index contributed by atoms with van der Waals surface area (Å²) in [6, 6.07) is 9.90. The van der Waals surface area contributed by atoms with E-state index in [1.165, 1.54) is 6.07 Å². The van der Waals surface area contributed by atoms with Crippen LogP contribution in [0.5, 0.6) is 0 Å². The normalized spacial score (nSPS) is 9.64. The number of nitrogens with one attached hydrogen (secondary N) is 1. The summed E-state index contributed by atoms with van der Waals surface area (Å²) in [7, 11) is 0. The Bertz CT molecular complexity index is 842. The van der Waals surface area contributed by atoms with Crippen LogP contribution in [0.25, 0.3) is 10.6 Å². The van der Waals surface area contributed by atoms with Crippen LogP contribution in [0, 0.1) is 5.82 Å². The quantitative estimate of drug-likeness (QED) is 0.693. The lowest BCUT2D eigenvalue weighted by Gasteiger charge is -2.00. The Balaban J connectivity index is 0.000000701. The van der Waals surface area contributed by atoms with Crippen molar-refractivity contribution in [1.29, 1.82) is 0 Å². The molecule has 1 amide bonds. The number of hydrogen-bond donors (Lipinski definition) is 2. The minimum atomic E-state index is -0.369. The first-order valence-electron chi connectivity index (χ1n) is 6.99. The first-order valence-corrected chi connectivity index (χ1v) is 7.80. The van der Waals surface area contributed by atoms with Gasteiger partial charge >= 0.3 is 0 Å². The van der Waals surface area contributed by atoms with Gasteiger partial charge in [-0.15, -0.1) is 10.2 Å². The molecule has 7 nitrogen and oxygen atoms in total. The van der Waals surface area contributed by atoms with Gasteiger partial charge in [0.05, 0.1) is 6.42 Å². The van der Waals surface area contributed by atoms with Crippen molar-refractivity contribution in [3.8, 4) is 10.6 Å². The third-order valence-electron chi connectivity index (χ3n) is 2.86. The summed E-state index contributed by atoms with van der Waals surface area (Å²) in [5.41, 5.74) is 1.17. The molecule has 0 aliphatic heterocycles. The molecule has 0 aliphatic carbocycles. The van der Waals surface area contributed by atoms with Gasteiger partial charge in [-0.05, 0) is 23.8 Å². The zero-order valence-electron chi connectivity index (χ0n) is 12.8. The molecule has 2 N–H and O–H groups in total. The van der Waals surface area contributed by atoms with E-state index in [0.717, 1.165) is 16.9 Å².